The molecule has 1 atom stereocenters. The minimum atomic E-state index is 0.364. The predicted molar refractivity (Wildman–Crippen MR) is 125 cm³/mol. The molecule has 0 N–H and O–H groups in total. The standard InChI is InChI=1S/C25H26N4OS/c1-16-12-25(28-18(3)27-16)30-22-6-4-19-8-10-29(11-9-21(19)13-22)17(2)20-5-7-24-23(14-20)26-15-31-24/h4-7,12-15,17H,8-11H2,1-3H3/t17-/m0/s1. The van der Waals surface area contributed by atoms with E-state index in [2.05, 4.69) is 63.2 Å². The summed E-state index contributed by atoms with van der Waals surface area (Å²) in [7, 11) is 0. The topological polar surface area (TPSA) is 51.1 Å². The van der Waals surface area contributed by atoms with Gasteiger partial charge >= 0.3 is 0 Å². The molecule has 3 heterocycles. The van der Waals surface area contributed by atoms with Crippen LogP contribution in [0.5, 0.6) is 11.6 Å². The maximum atomic E-state index is 6.05. The molecule has 5 rings (SSSR count). The zero-order chi connectivity index (χ0) is 21.4. The van der Waals surface area contributed by atoms with E-state index >= 15 is 0 Å². The highest BCUT2D eigenvalue weighted by molar-refractivity contribution is 7.16. The summed E-state index contributed by atoms with van der Waals surface area (Å²) in [6.07, 6.45) is 2.06. The van der Waals surface area contributed by atoms with Gasteiger partial charge in [0.15, 0.2) is 0 Å². The van der Waals surface area contributed by atoms with E-state index in [1.165, 1.54) is 21.4 Å². The first-order valence-electron chi connectivity index (χ1n) is 10.7. The molecule has 6 heteroatoms. The Bertz CT molecular complexity index is 1220. The van der Waals surface area contributed by atoms with E-state index in [0.29, 0.717) is 11.9 Å². The lowest BCUT2D eigenvalue weighted by molar-refractivity contribution is 0.221. The Balaban J connectivity index is 1.31. The van der Waals surface area contributed by atoms with E-state index in [1.807, 2.05) is 25.4 Å². The predicted octanol–water partition coefficient (Wildman–Crippen LogP) is 5.66. The van der Waals surface area contributed by atoms with Gasteiger partial charge in [-0.25, -0.2) is 9.97 Å². The lowest BCUT2D eigenvalue weighted by Crippen LogP contribution is -2.29. The van der Waals surface area contributed by atoms with Crippen molar-refractivity contribution in [2.45, 2.75) is 39.7 Å². The van der Waals surface area contributed by atoms with Crippen molar-refractivity contribution in [2.75, 3.05) is 13.1 Å². The molecule has 0 saturated heterocycles. The Kier molecular flexibility index (Phi) is 5.42. The van der Waals surface area contributed by atoms with Crippen LogP contribution in [-0.2, 0) is 12.8 Å². The highest BCUT2D eigenvalue weighted by Crippen LogP contribution is 2.30. The number of aromatic nitrogens is 3. The normalized spacial score (nSPS) is 15.5. The number of fused-ring (bicyclic) bond motifs is 2. The summed E-state index contributed by atoms with van der Waals surface area (Å²) in [5.74, 6) is 2.17. The second-order valence-electron chi connectivity index (χ2n) is 8.22. The highest BCUT2D eigenvalue weighted by Gasteiger charge is 2.21. The molecular weight excluding hydrogens is 404 g/mol. The second-order valence-corrected chi connectivity index (χ2v) is 9.11. The molecule has 5 nitrogen and oxygen atoms in total. The summed E-state index contributed by atoms with van der Waals surface area (Å²) in [5.41, 5.74) is 8.05. The third kappa shape index (κ3) is 4.31. The first-order valence-corrected chi connectivity index (χ1v) is 11.6. The summed E-state index contributed by atoms with van der Waals surface area (Å²) < 4.78 is 7.30. The number of rotatable bonds is 4. The first kappa shape index (κ1) is 20.1. The third-order valence-corrected chi connectivity index (χ3v) is 6.87. The van der Waals surface area contributed by atoms with E-state index in [1.54, 1.807) is 11.3 Å². The molecule has 2 aromatic heterocycles. The van der Waals surface area contributed by atoms with Crippen LogP contribution in [0.4, 0.5) is 0 Å². The molecule has 31 heavy (non-hydrogen) atoms. The van der Waals surface area contributed by atoms with E-state index < -0.39 is 0 Å². The summed E-state index contributed by atoms with van der Waals surface area (Å²) in [6, 6.07) is 15.4. The maximum absolute atomic E-state index is 6.05. The Hall–Kier alpha value is -2.83. The highest BCUT2D eigenvalue weighted by atomic mass is 32.1. The third-order valence-electron chi connectivity index (χ3n) is 6.06. The summed E-state index contributed by atoms with van der Waals surface area (Å²) in [5, 5.41) is 0. The van der Waals surface area contributed by atoms with Crippen LogP contribution in [0, 0.1) is 13.8 Å². The van der Waals surface area contributed by atoms with Crippen LogP contribution in [0.25, 0.3) is 10.2 Å². The average molecular weight is 431 g/mol. The fourth-order valence-corrected chi connectivity index (χ4v) is 5.03. The van der Waals surface area contributed by atoms with E-state index in [9.17, 15) is 0 Å². The Labute approximate surface area is 186 Å². The van der Waals surface area contributed by atoms with Gasteiger partial charge in [0.2, 0.25) is 5.88 Å². The number of aryl methyl sites for hydroxylation is 2. The summed E-state index contributed by atoms with van der Waals surface area (Å²) >= 11 is 1.70. The van der Waals surface area contributed by atoms with Gasteiger partial charge < -0.3 is 4.74 Å². The smallest absolute Gasteiger partial charge is 0.222 e. The van der Waals surface area contributed by atoms with Gasteiger partial charge in [-0.3, -0.25) is 4.90 Å². The van der Waals surface area contributed by atoms with Crippen molar-refractivity contribution in [1.82, 2.24) is 19.9 Å². The molecule has 0 fully saturated rings. The van der Waals surface area contributed by atoms with Crippen molar-refractivity contribution >= 4 is 21.6 Å². The van der Waals surface area contributed by atoms with E-state index in [0.717, 1.165) is 48.7 Å². The molecule has 2 aromatic carbocycles. The quantitative estimate of drug-likeness (QED) is 0.418. The van der Waals surface area contributed by atoms with Crippen LogP contribution in [0.15, 0.2) is 48.0 Å². The van der Waals surface area contributed by atoms with Crippen molar-refractivity contribution in [3.05, 3.63) is 76.2 Å². The minimum absolute atomic E-state index is 0.364. The van der Waals surface area contributed by atoms with Crippen LogP contribution < -0.4 is 4.74 Å². The minimum Gasteiger partial charge on any atom is -0.439 e. The van der Waals surface area contributed by atoms with Crippen molar-refractivity contribution in [3.63, 3.8) is 0 Å². The Morgan fingerprint density at radius 1 is 0.968 bits per heavy atom. The molecule has 158 valence electrons. The van der Waals surface area contributed by atoms with Crippen LogP contribution in [-0.4, -0.2) is 32.9 Å². The van der Waals surface area contributed by atoms with Gasteiger partial charge in [0.1, 0.15) is 11.6 Å². The first-order chi connectivity index (χ1) is 15.0. The van der Waals surface area contributed by atoms with Crippen molar-refractivity contribution < 1.29 is 4.74 Å². The van der Waals surface area contributed by atoms with Gasteiger partial charge in [-0.2, -0.15) is 4.98 Å². The Morgan fingerprint density at radius 3 is 2.65 bits per heavy atom. The van der Waals surface area contributed by atoms with Gasteiger partial charge in [-0.05, 0) is 74.6 Å². The number of ether oxygens (including phenoxy) is 1. The van der Waals surface area contributed by atoms with Crippen LogP contribution >= 0.6 is 11.3 Å². The molecule has 4 aromatic rings. The lowest BCUT2D eigenvalue weighted by atomic mass is 10.0. The van der Waals surface area contributed by atoms with Gasteiger partial charge in [0.25, 0.3) is 0 Å². The Morgan fingerprint density at radius 2 is 1.81 bits per heavy atom. The SMILES string of the molecule is Cc1cc(Oc2ccc3c(c2)CCN([C@@H](C)c2ccc4scnc4c2)CC3)nc(C)n1. The molecule has 0 saturated carbocycles. The molecule has 0 unspecified atom stereocenters. The molecule has 1 aliphatic heterocycles. The zero-order valence-electron chi connectivity index (χ0n) is 18.1. The number of thiazole rings is 1. The fraction of sp³-hybridized carbons (Fsp3) is 0.320. The molecule has 0 radical (unpaired) electrons. The molecule has 0 aliphatic carbocycles. The van der Waals surface area contributed by atoms with Gasteiger partial charge in [-0.15, -0.1) is 11.3 Å². The number of benzene rings is 2. The second kappa shape index (κ2) is 8.36. The monoisotopic (exact) mass is 430 g/mol. The van der Waals surface area contributed by atoms with Gasteiger partial charge in [0.05, 0.1) is 15.7 Å². The number of hydrogen-bond acceptors (Lipinski definition) is 6. The zero-order valence-corrected chi connectivity index (χ0v) is 18.9. The molecule has 0 amide bonds. The molecule has 1 aliphatic rings. The van der Waals surface area contributed by atoms with Crippen molar-refractivity contribution in [3.8, 4) is 11.6 Å². The van der Waals surface area contributed by atoms with Gasteiger partial charge in [0, 0.05) is 30.9 Å². The lowest BCUT2D eigenvalue weighted by Gasteiger charge is -2.28. The molecule has 0 spiro atoms. The maximum Gasteiger partial charge on any atom is 0.222 e. The van der Waals surface area contributed by atoms with Crippen molar-refractivity contribution in [1.29, 1.82) is 0 Å². The summed E-state index contributed by atoms with van der Waals surface area (Å²) in [6.45, 7) is 8.23. The van der Waals surface area contributed by atoms with E-state index in [4.69, 9.17) is 4.74 Å². The summed E-state index contributed by atoms with van der Waals surface area (Å²) in [4.78, 5) is 15.8. The largest absolute Gasteiger partial charge is 0.439 e. The number of hydrogen-bond donors (Lipinski definition) is 0. The van der Waals surface area contributed by atoms with Crippen LogP contribution in [0.3, 0.4) is 0 Å². The van der Waals surface area contributed by atoms with Crippen LogP contribution in [0.1, 0.15) is 41.2 Å². The average Bonchev–Trinajstić information content (AvgIpc) is 3.11. The fourth-order valence-electron chi connectivity index (χ4n) is 4.37. The van der Waals surface area contributed by atoms with Crippen molar-refractivity contribution in [2.24, 2.45) is 0 Å². The van der Waals surface area contributed by atoms with Crippen LogP contribution in [0.2, 0.25) is 0 Å². The van der Waals surface area contributed by atoms with E-state index in [-0.39, 0.29) is 0 Å². The number of nitrogens with zero attached hydrogens (tertiary/aromatic N) is 4. The van der Waals surface area contributed by atoms with Gasteiger partial charge in [-0.1, -0.05) is 12.1 Å². The molecule has 0 bridgehead atoms. The molecular formula is C25H26N4OS.